The van der Waals surface area contributed by atoms with Crippen LogP contribution in [0.2, 0.25) is 0 Å². The molecule has 104 valence electrons. The van der Waals surface area contributed by atoms with Crippen LogP contribution in [-0.4, -0.2) is 40.6 Å². The van der Waals surface area contributed by atoms with Crippen molar-refractivity contribution >= 4 is 44.5 Å². The number of halogens is 1. The van der Waals surface area contributed by atoms with Gasteiger partial charge in [-0.1, -0.05) is 12.1 Å². The Labute approximate surface area is 123 Å². The van der Waals surface area contributed by atoms with Crippen molar-refractivity contribution in [1.29, 1.82) is 0 Å². The Balaban J connectivity index is 2.25. The minimum atomic E-state index is -1.07. The maximum absolute atomic E-state index is 11.9. The second-order valence-corrected chi connectivity index (χ2v) is 5.13. The lowest BCUT2D eigenvalue weighted by atomic mass is 10.2. The maximum atomic E-state index is 11.9. The van der Waals surface area contributed by atoms with Crippen LogP contribution >= 0.6 is 15.9 Å². The minimum absolute atomic E-state index is 0.365. The number of urea groups is 1. The SMILES string of the molecule is CN(CC(=O)O)C(=O)Nc1cccc2cc(Br)cnc12. The van der Waals surface area contributed by atoms with Crippen molar-refractivity contribution in [3.63, 3.8) is 0 Å². The highest BCUT2D eigenvalue weighted by atomic mass is 79.9. The quantitative estimate of drug-likeness (QED) is 0.901. The van der Waals surface area contributed by atoms with Gasteiger partial charge in [0.05, 0.1) is 11.2 Å². The normalized spacial score (nSPS) is 10.3. The Morgan fingerprint density at radius 3 is 2.90 bits per heavy atom. The summed E-state index contributed by atoms with van der Waals surface area (Å²) in [7, 11) is 1.42. The predicted octanol–water partition coefficient (Wildman–Crippen LogP) is 2.55. The maximum Gasteiger partial charge on any atom is 0.323 e. The molecule has 0 aliphatic carbocycles. The van der Waals surface area contributed by atoms with E-state index in [4.69, 9.17) is 5.11 Å². The molecule has 6 nitrogen and oxygen atoms in total. The van der Waals surface area contributed by atoms with Crippen molar-refractivity contribution in [1.82, 2.24) is 9.88 Å². The molecule has 2 amide bonds. The molecule has 1 heterocycles. The van der Waals surface area contributed by atoms with Crippen molar-refractivity contribution in [2.24, 2.45) is 0 Å². The lowest BCUT2D eigenvalue weighted by molar-refractivity contribution is -0.137. The number of amides is 2. The van der Waals surface area contributed by atoms with E-state index >= 15 is 0 Å². The summed E-state index contributed by atoms with van der Waals surface area (Å²) in [6.45, 7) is -0.365. The highest BCUT2D eigenvalue weighted by Crippen LogP contribution is 2.24. The summed E-state index contributed by atoms with van der Waals surface area (Å²) in [6, 6.07) is 6.78. The van der Waals surface area contributed by atoms with Gasteiger partial charge in [0.1, 0.15) is 6.54 Å². The fraction of sp³-hybridized carbons (Fsp3) is 0.154. The number of hydrogen-bond donors (Lipinski definition) is 2. The van der Waals surface area contributed by atoms with Gasteiger partial charge in [0.2, 0.25) is 0 Å². The smallest absolute Gasteiger partial charge is 0.323 e. The van der Waals surface area contributed by atoms with E-state index < -0.39 is 12.0 Å². The molecule has 1 aromatic carbocycles. The van der Waals surface area contributed by atoms with Crippen LogP contribution in [0.1, 0.15) is 0 Å². The minimum Gasteiger partial charge on any atom is -0.480 e. The molecular weight excluding hydrogens is 326 g/mol. The molecular formula is C13H12BrN3O3. The van der Waals surface area contributed by atoms with E-state index in [-0.39, 0.29) is 6.54 Å². The summed E-state index contributed by atoms with van der Waals surface area (Å²) < 4.78 is 0.844. The zero-order valence-electron chi connectivity index (χ0n) is 10.6. The molecule has 0 radical (unpaired) electrons. The molecule has 2 N–H and O–H groups in total. The second kappa shape index (κ2) is 5.87. The topological polar surface area (TPSA) is 82.5 Å². The summed E-state index contributed by atoms with van der Waals surface area (Å²) in [4.78, 5) is 27.8. The van der Waals surface area contributed by atoms with Crippen LogP contribution < -0.4 is 5.32 Å². The third kappa shape index (κ3) is 3.24. The van der Waals surface area contributed by atoms with Crippen molar-refractivity contribution in [2.45, 2.75) is 0 Å². The van der Waals surface area contributed by atoms with Crippen molar-refractivity contribution in [2.75, 3.05) is 18.9 Å². The average Bonchev–Trinajstić information content (AvgIpc) is 2.37. The second-order valence-electron chi connectivity index (χ2n) is 4.21. The zero-order chi connectivity index (χ0) is 14.7. The molecule has 0 fully saturated rings. The monoisotopic (exact) mass is 337 g/mol. The number of rotatable bonds is 3. The van der Waals surface area contributed by atoms with Crippen molar-refractivity contribution < 1.29 is 14.7 Å². The lowest BCUT2D eigenvalue weighted by Gasteiger charge is -2.16. The number of carboxylic acids is 1. The lowest BCUT2D eigenvalue weighted by Crippen LogP contribution is -2.35. The molecule has 0 saturated carbocycles. The summed E-state index contributed by atoms with van der Waals surface area (Å²) in [6.07, 6.45) is 1.64. The van der Waals surface area contributed by atoms with Crippen LogP contribution in [0.25, 0.3) is 10.9 Å². The van der Waals surface area contributed by atoms with Gasteiger partial charge in [-0.2, -0.15) is 0 Å². The molecule has 2 aromatic rings. The fourth-order valence-electron chi connectivity index (χ4n) is 1.72. The number of anilines is 1. The number of aliphatic carboxylic acids is 1. The number of carboxylic acid groups (broad SMARTS) is 1. The Morgan fingerprint density at radius 1 is 1.45 bits per heavy atom. The predicted molar refractivity (Wildman–Crippen MR) is 78.7 cm³/mol. The van der Waals surface area contributed by atoms with E-state index in [0.29, 0.717) is 11.2 Å². The first-order chi connectivity index (χ1) is 9.47. The molecule has 7 heteroatoms. The van der Waals surface area contributed by atoms with Crippen LogP contribution in [0.5, 0.6) is 0 Å². The summed E-state index contributed by atoms with van der Waals surface area (Å²) >= 11 is 3.33. The number of likely N-dealkylation sites (N-methyl/N-ethyl adjacent to an activating group) is 1. The Hall–Kier alpha value is -2.15. The molecule has 2 rings (SSSR count). The molecule has 0 spiro atoms. The first-order valence-corrected chi connectivity index (χ1v) is 6.55. The van der Waals surface area contributed by atoms with E-state index in [1.165, 1.54) is 7.05 Å². The largest absolute Gasteiger partial charge is 0.480 e. The van der Waals surface area contributed by atoms with Crippen LogP contribution in [0, 0.1) is 0 Å². The van der Waals surface area contributed by atoms with Gasteiger partial charge in [0, 0.05) is 23.1 Å². The van der Waals surface area contributed by atoms with Gasteiger partial charge in [0.15, 0.2) is 0 Å². The van der Waals surface area contributed by atoms with Crippen LogP contribution in [-0.2, 0) is 4.79 Å². The van der Waals surface area contributed by atoms with Gasteiger partial charge in [-0.3, -0.25) is 9.78 Å². The number of pyridine rings is 1. The molecule has 0 aliphatic rings. The van der Waals surface area contributed by atoms with Crippen molar-refractivity contribution in [3.8, 4) is 0 Å². The van der Waals surface area contributed by atoms with Crippen LogP contribution in [0.3, 0.4) is 0 Å². The van der Waals surface area contributed by atoms with Gasteiger partial charge in [0.25, 0.3) is 0 Å². The standard InChI is InChI=1S/C13H12BrN3O3/c1-17(7-11(18)19)13(20)16-10-4-2-3-8-5-9(14)6-15-12(8)10/h2-6H,7H2,1H3,(H,16,20)(H,18,19). The van der Waals surface area contributed by atoms with E-state index in [9.17, 15) is 9.59 Å². The molecule has 0 bridgehead atoms. The molecule has 0 saturated heterocycles. The Bertz CT molecular complexity index is 675. The highest BCUT2D eigenvalue weighted by molar-refractivity contribution is 9.10. The number of nitrogens with zero attached hydrogens (tertiary/aromatic N) is 2. The number of benzene rings is 1. The fourth-order valence-corrected chi connectivity index (χ4v) is 2.07. The molecule has 0 aliphatic heterocycles. The molecule has 1 aromatic heterocycles. The van der Waals surface area contributed by atoms with Gasteiger partial charge in [-0.05, 0) is 28.1 Å². The van der Waals surface area contributed by atoms with Gasteiger partial charge < -0.3 is 15.3 Å². The van der Waals surface area contributed by atoms with E-state index in [1.807, 2.05) is 12.1 Å². The number of hydrogen-bond acceptors (Lipinski definition) is 3. The van der Waals surface area contributed by atoms with Gasteiger partial charge in [-0.25, -0.2) is 4.79 Å². The number of aromatic nitrogens is 1. The van der Waals surface area contributed by atoms with E-state index in [2.05, 4.69) is 26.2 Å². The highest BCUT2D eigenvalue weighted by Gasteiger charge is 2.13. The summed E-state index contributed by atoms with van der Waals surface area (Å²) in [5.41, 5.74) is 1.19. The van der Waals surface area contributed by atoms with Gasteiger partial charge >= 0.3 is 12.0 Å². The summed E-state index contributed by atoms with van der Waals surface area (Å²) in [5.74, 6) is -1.07. The summed E-state index contributed by atoms with van der Waals surface area (Å²) in [5, 5.41) is 12.2. The molecule has 0 atom stereocenters. The Kier molecular flexibility index (Phi) is 4.19. The molecule has 0 unspecified atom stereocenters. The number of para-hydroxylation sites is 1. The van der Waals surface area contributed by atoms with Crippen molar-refractivity contribution in [3.05, 3.63) is 34.9 Å². The third-order valence-corrected chi connectivity index (χ3v) is 3.07. The van der Waals surface area contributed by atoms with Crippen LogP contribution in [0.4, 0.5) is 10.5 Å². The number of carbonyl (C=O) groups excluding carboxylic acids is 1. The first-order valence-electron chi connectivity index (χ1n) is 5.75. The number of nitrogens with one attached hydrogen (secondary N) is 1. The third-order valence-electron chi connectivity index (χ3n) is 2.64. The number of fused-ring (bicyclic) bond motifs is 1. The van der Waals surface area contributed by atoms with Crippen LogP contribution in [0.15, 0.2) is 34.9 Å². The number of carbonyl (C=O) groups is 2. The molecule has 20 heavy (non-hydrogen) atoms. The zero-order valence-corrected chi connectivity index (χ0v) is 12.2. The van der Waals surface area contributed by atoms with Gasteiger partial charge in [-0.15, -0.1) is 0 Å². The van der Waals surface area contributed by atoms with E-state index in [0.717, 1.165) is 14.8 Å². The first kappa shape index (κ1) is 14.3. The van der Waals surface area contributed by atoms with E-state index in [1.54, 1.807) is 18.3 Å². The Morgan fingerprint density at radius 2 is 2.20 bits per heavy atom. The average molecular weight is 338 g/mol.